The van der Waals surface area contributed by atoms with Crippen molar-refractivity contribution < 1.29 is 17.9 Å². The highest BCUT2D eigenvalue weighted by atomic mass is 32.1. The van der Waals surface area contributed by atoms with E-state index in [4.69, 9.17) is 4.74 Å². The molecule has 1 aromatic heterocycles. The van der Waals surface area contributed by atoms with Gasteiger partial charge in [-0.15, -0.1) is 11.3 Å². The Hall–Kier alpha value is -1.36. The molecule has 0 radical (unpaired) electrons. The van der Waals surface area contributed by atoms with Crippen molar-refractivity contribution in [2.45, 2.75) is 25.2 Å². The Labute approximate surface area is 174 Å². The quantitative estimate of drug-likeness (QED) is 0.570. The van der Waals surface area contributed by atoms with Crippen LogP contribution in [0.15, 0.2) is 22.5 Å². The SMILES string of the molecule is CN=C(NCC(c1cccs1)N1CCOCC1)N1CCN(C(C)C(F)(F)F)CC1. The van der Waals surface area contributed by atoms with Crippen LogP contribution in [-0.2, 0) is 4.74 Å². The molecule has 29 heavy (non-hydrogen) atoms. The van der Waals surface area contributed by atoms with Crippen LogP contribution in [0.4, 0.5) is 13.2 Å². The van der Waals surface area contributed by atoms with E-state index >= 15 is 0 Å². The maximum absolute atomic E-state index is 13.0. The van der Waals surface area contributed by atoms with Crippen LogP contribution in [0, 0.1) is 0 Å². The van der Waals surface area contributed by atoms with Gasteiger partial charge in [0.25, 0.3) is 0 Å². The molecule has 0 spiro atoms. The number of morpholine rings is 1. The summed E-state index contributed by atoms with van der Waals surface area (Å²) >= 11 is 1.74. The molecule has 6 nitrogen and oxygen atoms in total. The second kappa shape index (κ2) is 10.1. The van der Waals surface area contributed by atoms with Gasteiger partial charge in [-0.1, -0.05) is 6.07 Å². The smallest absolute Gasteiger partial charge is 0.379 e. The maximum Gasteiger partial charge on any atom is 0.403 e. The molecule has 0 bridgehead atoms. The molecule has 2 aliphatic heterocycles. The summed E-state index contributed by atoms with van der Waals surface area (Å²) in [4.78, 5) is 11.6. The van der Waals surface area contributed by atoms with Crippen LogP contribution < -0.4 is 5.32 Å². The lowest BCUT2D eigenvalue weighted by Crippen LogP contribution is -2.57. The molecule has 3 heterocycles. The van der Waals surface area contributed by atoms with Gasteiger partial charge in [0.05, 0.1) is 19.3 Å². The minimum absolute atomic E-state index is 0.224. The van der Waals surface area contributed by atoms with Crippen LogP contribution in [0.25, 0.3) is 0 Å². The van der Waals surface area contributed by atoms with E-state index in [0.717, 1.165) is 32.3 Å². The van der Waals surface area contributed by atoms with Gasteiger partial charge in [-0.3, -0.25) is 14.8 Å². The number of alkyl halides is 3. The van der Waals surface area contributed by atoms with E-state index in [1.807, 2.05) is 4.90 Å². The topological polar surface area (TPSA) is 43.3 Å². The van der Waals surface area contributed by atoms with Crippen LogP contribution >= 0.6 is 11.3 Å². The number of ether oxygens (including phenoxy) is 1. The zero-order valence-corrected chi connectivity index (χ0v) is 17.8. The van der Waals surface area contributed by atoms with E-state index in [-0.39, 0.29) is 6.04 Å². The minimum Gasteiger partial charge on any atom is -0.379 e. The third-order valence-electron chi connectivity index (χ3n) is 5.66. The average Bonchev–Trinajstić information content (AvgIpc) is 3.25. The first-order valence-electron chi connectivity index (χ1n) is 10.0. The summed E-state index contributed by atoms with van der Waals surface area (Å²) in [6.07, 6.45) is -4.19. The number of hydrogen-bond acceptors (Lipinski definition) is 5. The highest BCUT2D eigenvalue weighted by Crippen LogP contribution is 2.26. The Balaban J connectivity index is 1.57. The lowest BCUT2D eigenvalue weighted by atomic mass is 10.2. The van der Waals surface area contributed by atoms with Gasteiger partial charge in [0.1, 0.15) is 6.04 Å². The molecular weight excluding hydrogens is 403 g/mol. The number of rotatable bonds is 5. The molecule has 164 valence electrons. The molecule has 0 amide bonds. The van der Waals surface area contributed by atoms with Crippen LogP contribution in [0.3, 0.4) is 0 Å². The summed E-state index contributed by atoms with van der Waals surface area (Å²) in [6, 6.07) is 3.02. The number of piperazine rings is 1. The van der Waals surface area contributed by atoms with Crippen molar-refractivity contribution in [2.75, 3.05) is 66.1 Å². The molecule has 0 aliphatic carbocycles. The molecule has 2 saturated heterocycles. The zero-order chi connectivity index (χ0) is 20.9. The predicted octanol–water partition coefficient (Wildman–Crippen LogP) is 2.27. The average molecular weight is 434 g/mol. The second-order valence-electron chi connectivity index (χ2n) is 7.35. The third kappa shape index (κ3) is 5.84. The van der Waals surface area contributed by atoms with Crippen molar-refractivity contribution in [2.24, 2.45) is 4.99 Å². The zero-order valence-electron chi connectivity index (χ0n) is 17.0. The van der Waals surface area contributed by atoms with Gasteiger partial charge in [0.2, 0.25) is 0 Å². The highest BCUT2D eigenvalue weighted by Gasteiger charge is 2.41. The van der Waals surface area contributed by atoms with Gasteiger partial charge in [0, 0.05) is 57.7 Å². The molecule has 2 fully saturated rings. The molecule has 2 atom stereocenters. The first-order chi connectivity index (χ1) is 13.9. The minimum atomic E-state index is -4.19. The fourth-order valence-electron chi connectivity index (χ4n) is 3.83. The van der Waals surface area contributed by atoms with Crippen LogP contribution in [0.1, 0.15) is 17.8 Å². The van der Waals surface area contributed by atoms with Crippen LogP contribution in [-0.4, -0.2) is 99.0 Å². The molecule has 3 rings (SSSR count). The Morgan fingerprint density at radius 1 is 1.17 bits per heavy atom. The predicted molar refractivity (Wildman–Crippen MR) is 109 cm³/mol. The van der Waals surface area contributed by atoms with Gasteiger partial charge in [-0.2, -0.15) is 13.2 Å². The number of nitrogens with zero attached hydrogens (tertiary/aromatic N) is 4. The maximum atomic E-state index is 13.0. The summed E-state index contributed by atoms with van der Waals surface area (Å²) in [5.41, 5.74) is 0. The van der Waals surface area contributed by atoms with E-state index in [2.05, 4.69) is 32.7 Å². The summed E-state index contributed by atoms with van der Waals surface area (Å²) in [5.74, 6) is 0.749. The second-order valence-corrected chi connectivity index (χ2v) is 8.33. The molecule has 2 unspecified atom stereocenters. The van der Waals surface area contributed by atoms with E-state index < -0.39 is 12.2 Å². The van der Waals surface area contributed by atoms with Crippen LogP contribution in [0.2, 0.25) is 0 Å². The first kappa shape index (κ1) is 22.3. The summed E-state index contributed by atoms with van der Waals surface area (Å²) in [7, 11) is 1.72. The van der Waals surface area contributed by atoms with Gasteiger partial charge in [-0.05, 0) is 18.4 Å². The fraction of sp³-hybridized carbons (Fsp3) is 0.737. The monoisotopic (exact) mass is 433 g/mol. The first-order valence-corrected chi connectivity index (χ1v) is 10.9. The lowest BCUT2D eigenvalue weighted by Gasteiger charge is -2.40. The van der Waals surface area contributed by atoms with Crippen molar-refractivity contribution in [1.29, 1.82) is 0 Å². The van der Waals surface area contributed by atoms with Gasteiger partial charge in [0.15, 0.2) is 5.96 Å². The Morgan fingerprint density at radius 3 is 2.41 bits per heavy atom. The Morgan fingerprint density at radius 2 is 1.86 bits per heavy atom. The Kier molecular flexibility index (Phi) is 7.78. The van der Waals surface area contributed by atoms with Gasteiger partial charge >= 0.3 is 6.18 Å². The summed E-state index contributed by atoms with van der Waals surface area (Å²) < 4.78 is 44.4. The molecule has 1 aromatic rings. The van der Waals surface area contributed by atoms with Gasteiger partial charge in [-0.25, -0.2) is 0 Å². The van der Waals surface area contributed by atoms with Crippen molar-refractivity contribution in [1.82, 2.24) is 20.0 Å². The number of hydrogen-bond donors (Lipinski definition) is 1. The standard InChI is InChI=1S/C19H30F3N5OS/c1-15(19(20,21)22)25-5-7-27(8-6-25)18(23-2)24-14-16(17-4-3-13-29-17)26-9-11-28-12-10-26/h3-4,13,15-16H,5-12,14H2,1-2H3,(H,23,24). The van der Waals surface area contributed by atoms with Crippen molar-refractivity contribution in [3.8, 4) is 0 Å². The van der Waals surface area contributed by atoms with E-state index in [1.54, 1.807) is 18.4 Å². The molecule has 1 N–H and O–H groups in total. The summed E-state index contributed by atoms with van der Waals surface area (Å²) in [5, 5.41) is 5.54. The van der Waals surface area contributed by atoms with E-state index in [0.29, 0.717) is 32.7 Å². The molecule has 10 heteroatoms. The van der Waals surface area contributed by atoms with Crippen molar-refractivity contribution >= 4 is 17.3 Å². The van der Waals surface area contributed by atoms with Crippen molar-refractivity contribution in [3.63, 3.8) is 0 Å². The number of aliphatic imine (C=N–C) groups is 1. The van der Waals surface area contributed by atoms with Crippen LogP contribution in [0.5, 0.6) is 0 Å². The Bertz CT molecular complexity index is 641. The van der Waals surface area contributed by atoms with Gasteiger partial charge < -0.3 is 15.0 Å². The summed E-state index contributed by atoms with van der Waals surface area (Å²) in [6.45, 7) is 6.98. The largest absolute Gasteiger partial charge is 0.403 e. The molecule has 0 saturated carbocycles. The number of halogens is 3. The number of guanidine groups is 1. The molecular formula is C19H30F3N5OS. The highest BCUT2D eigenvalue weighted by molar-refractivity contribution is 7.10. The number of nitrogens with one attached hydrogen (secondary N) is 1. The molecule has 0 aromatic carbocycles. The fourth-order valence-corrected chi connectivity index (χ4v) is 4.69. The lowest BCUT2D eigenvalue weighted by molar-refractivity contribution is -0.181. The van der Waals surface area contributed by atoms with Crippen molar-refractivity contribution in [3.05, 3.63) is 22.4 Å². The van der Waals surface area contributed by atoms with E-state index in [9.17, 15) is 13.2 Å². The number of thiophene rings is 1. The third-order valence-corrected chi connectivity index (χ3v) is 6.63. The normalized spacial score (nSPS) is 22.5. The van der Waals surface area contributed by atoms with E-state index in [1.165, 1.54) is 16.7 Å². The molecule has 2 aliphatic rings.